The normalized spacial score (nSPS) is 16.7. The van der Waals surface area contributed by atoms with Gasteiger partial charge in [-0.05, 0) is 37.3 Å². The number of carbonyl (C=O) groups excluding carboxylic acids is 2. The fourth-order valence-corrected chi connectivity index (χ4v) is 4.07. The average molecular weight is 478 g/mol. The number of benzene rings is 2. The van der Waals surface area contributed by atoms with Gasteiger partial charge in [0.05, 0.1) is 16.7 Å². The van der Waals surface area contributed by atoms with Gasteiger partial charge in [-0.3, -0.25) is 19.7 Å². The molecule has 0 radical (unpaired) electrons. The van der Waals surface area contributed by atoms with Crippen LogP contribution in [0.1, 0.15) is 17.7 Å². The lowest BCUT2D eigenvalue weighted by Gasteiger charge is -2.07. The summed E-state index contributed by atoms with van der Waals surface area (Å²) in [5.41, 5.74) is 2.03. The molecule has 1 aliphatic heterocycles. The zero-order valence-electron chi connectivity index (χ0n) is 17.9. The summed E-state index contributed by atoms with van der Waals surface area (Å²) in [6, 6.07) is 16.8. The van der Waals surface area contributed by atoms with E-state index in [1.807, 2.05) is 19.1 Å². The van der Waals surface area contributed by atoms with E-state index in [4.69, 9.17) is 4.42 Å². The average Bonchev–Trinajstić information content (AvgIpc) is 3.42. The summed E-state index contributed by atoms with van der Waals surface area (Å²) in [6.07, 6.45) is 1.32. The number of thioether (sulfide) groups is 1. The first-order chi connectivity index (χ1) is 16.4. The van der Waals surface area contributed by atoms with Gasteiger partial charge >= 0.3 is 0 Å². The van der Waals surface area contributed by atoms with E-state index in [9.17, 15) is 19.7 Å². The molecule has 1 atom stereocenters. The standard InChI is InChI=1S/C23H19N5O5S/c1-14-6-8-15(9-7-14)25-21(29)12-20-22(30)26-23(34-20)27-24-13-16-10-11-19(33-16)17-4-2-3-5-18(17)28(31)32/h2-11,13,20H,12H2,1H3,(H,25,29)(H,26,27,30). The van der Waals surface area contributed by atoms with Crippen molar-refractivity contribution in [1.82, 2.24) is 5.32 Å². The number of nitro benzene ring substituents is 1. The largest absolute Gasteiger partial charge is 0.455 e. The van der Waals surface area contributed by atoms with Crippen molar-refractivity contribution in [3.63, 3.8) is 0 Å². The maximum atomic E-state index is 12.3. The first-order valence-electron chi connectivity index (χ1n) is 10.2. The van der Waals surface area contributed by atoms with Crippen LogP contribution in [0.3, 0.4) is 0 Å². The van der Waals surface area contributed by atoms with E-state index in [0.29, 0.717) is 22.8 Å². The molecule has 0 aliphatic carbocycles. The van der Waals surface area contributed by atoms with Crippen molar-refractivity contribution in [3.05, 3.63) is 82.1 Å². The van der Waals surface area contributed by atoms with E-state index in [-0.39, 0.29) is 29.1 Å². The molecule has 2 heterocycles. The van der Waals surface area contributed by atoms with Gasteiger partial charge in [0.1, 0.15) is 16.8 Å². The number of nitro groups is 1. The molecule has 0 spiro atoms. The highest BCUT2D eigenvalue weighted by atomic mass is 32.2. The number of hydrogen-bond donors (Lipinski definition) is 2. The van der Waals surface area contributed by atoms with Crippen molar-refractivity contribution < 1.29 is 18.9 Å². The predicted octanol–water partition coefficient (Wildman–Crippen LogP) is 4.11. The first-order valence-corrected chi connectivity index (χ1v) is 11.1. The molecule has 4 rings (SSSR count). The molecule has 1 aromatic heterocycles. The Balaban J connectivity index is 1.35. The SMILES string of the molecule is Cc1ccc(NC(=O)CC2SC(=NN=Cc3ccc(-c4ccccc4[N+](=O)[O-])o3)NC2=O)cc1. The topological polar surface area (TPSA) is 139 Å². The van der Waals surface area contributed by atoms with Gasteiger partial charge in [0.25, 0.3) is 5.69 Å². The zero-order valence-corrected chi connectivity index (χ0v) is 18.7. The Bertz CT molecular complexity index is 1300. The Morgan fingerprint density at radius 2 is 1.97 bits per heavy atom. The molecule has 10 nitrogen and oxygen atoms in total. The number of anilines is 1. The van der Waals surface area contributed by atoms with Crippen LogP contribution in [0.5, 0.6) is 0 Å². The van der Waals surface area contributed by atoms with Crippen molar-refractivity contribution >= 4 is 46.3 Å². The zero-order chi connectivity index (χ0) is 24.1. The Morgan fingerprint density at radius 1 is 1.21 bits per heavy atom. The molecule has 0 saturated carbocycles. The van der Waals surface area contributed by atoms with Crippen LogP contribution in [0.15, 0.2) is 75.3 Å². The molecular weight excluding hydrogens is 458 g/mol. The second kappa shape index (κ2) is 10.1. The molecule has 1 saturated heterocycles. The maximum absolute atomic E-state index is 12.3. The molecule has 3 aromatic rings. The molecule has 2 aromatic carbocycles. The van der Waals surface area contributed by atoms with Gasteiger partial charge in [0.2, 0.25) is 11.8 Å². The number of rotatable bonds is 7. The van der Waals surface area contributed by atoms with Crippen LogP contribution < -0.4 is 10.6 Å². The second-order valence-corrected chi connectivity index (χ2v) is 8.53. The number of carbonyl (C=O) groups is 2. The summed E-state index contributed by atoms with van der Waals surface area (Å²) in [7, 11) is 0. The quantitative estimate of drug-likeness (QED) is 0.298. The number of para-hydroxylation sites is 1. The molecule has 1 fully saturated rings. The summed E-state index contributed by atoms with van der Waals surface area (Å²) in [4.78, 5) is 35.2. The fourth-order valence-electron chi connectivity index (χ4n) is 3.15. The van der Waals surface area contributed by atoms with E-state index in [0.717, 1.165) is 17.3 Å². The number of amides is 2. The van der Waals surface area contributed by atoms with E-state index in [2.05, 4.69) is 20.8 Å². The van der Waals surface area contributed by atoms with Gasteiger partial charge < -0.3 is 15.1 Å². The van der Waals surface area contributed by atoms with Crippen LogP contribution in [0.4, 0.5) is 11.4 Å². The summed E-state index contributed by atoms with van der Waals surface area (Å²) < 4.78 is 5.61. The monoisotopic (exact) mass is 477 g/mol. The van der Waals surface area contributed by atoms with Gasteiger partial charge in [0, 0.05) is 18.2 Å². The third-order valence-electron chi connectivity index (χ3n) is 4.81. The van der Waals surface area contributed by atoms with Crippen molar-refractivity contribution in [3.8, 4) is 11.3 Å². The smallest absolute Gasteiger partial charge is 0.280 e. The van der Waals surface area contributed by atoms with E-state index in [1.54, 1.807) is 42.5 Å². The molecule has 34 heavy (non-hydrogen) atoms. The third kappa shape index (κ3) is 5.56. The molecular formula is C23H19N5O5S. The summed E-state index contributed by atoms with van der Waals surface area (Å²) in [5, 5.41) is 24.1. The predicted molar refractivity (Wildman–Crippen MR) is 130 cm³/mol. The van der Waals surface area contributed by atoms with E-state index >= 15 is 0 Å². The maximum Gasteiger partial charge on any atom is 0.280 e. The van der Waals surface area contributed by atoms with Crippen molar-refractivity contribution in [2.45, 2.75) is 18.6 Å². The highest BCUT2D eigenvalue weighted by molar-refractivity contribution is 8.15. The van der Waals surface area contributed by atoms with Crippen LogP contribution >= 0.6 is 11.8 Å². The summed E-state index contributed by atoms with van der Waals surface area (Å²) in [6.45, 7) is 1.95. The van der Waals surface area contributed by atoms with Gasteiger partial charge in [-0.25, -0.2) is 0 Å². The Labute approximate surface area is 198 Å². The summed E-state index contributed by atoms with van der Waals surface area (Å²) >= 11 is 1.11. The molecule has 11 heteroatoms. The van der Waals surface area contributed by atoms with Crippen molar-refractivity contribution in [2.24, 2.45) is 10.2 Å². The number of amidine groups is 1. The van der Waals surface area contributed by atoms with E-state index < -0.39 is 10.2 Å². The highest BCUT2D eigenvalue weighted by Crippen LogP contribution is 2.30. The fraction of sp³-hybridized carbons (Fsp3) is 0.130. The minimum atomic E-state index is -0.617. The second-order valence-electron chi connectivity index (χ2n) is 7.34. The lowest BCUT2D eigenvalue weighted by Crippen LogP contribution is -2.28. The van der Waals surface area contributed by atoms with E-state index in [1.165, 1.54) is 12.3 Å². The number of furan rings is 1. The molecule has 1 aliphatic rings. The Kier molecular flexibility index (Phi) is 6.83. The summed E-state index contributed by atoms with van der Waals surface area (Å²) in [5.74, 6) is 0.0551. The van der Waals surface area contributed by atoms with Crippen molar-refractivity contribution in [2.75, 3.05) is 5.32 Å². The van der Waals surface area contributed by atoms with Crippen LogP contribution in [-0.2, 0) is 9.59 Å². The lowest BCUT2D eigenvalue weighted by atomic mass is 10.1. The third-order valence-corrected chi connectivity index (χ3v) is 5.88. The van der Waals surface area contributed by atoms with Crippen LogP contribution in [0, 0.1) is 17.0 Å². The van der Waals surface area contributed by atoms with Gasteiger partial charge in [0.15, 0.2) is 5.17 Å². The number of aryl methyl sites for hydroxylation is 1. The molecule has 0 bridgehead atoms. The Hall–Kier alpha value is -4.25. The van der Waals surface area contributed by atoms with Crippen LogP contribution in [-0.4, -0.2) is 33.4 Å². The van der Waals surface area contributed by atoms with Crippen molar-refractivity contribution in [1.29, 1.82) is 0 Å². The first kappa shape index (κ1) is 22.9. The van der Waals surface area contributed by atoms with Gasteiger partial charge in [-0.1, -0.05) is 41.6 Å². The van der Waals surface area contributed by atoms with Crippen LogP contribution in [0.25, 0.3) is 11.3 Å². The number of hydrogen-bond acceptors (Lipinski definition) is 8. The number of nitrogens with one attached hydrogen (secondary N) is 2. The van der Waals surface area contributed by atoms with Gasteiger partial charge in [-0.15, -0.1) is 5.10 Å². The lowest BCUT2D eigenvalue weighted by molar-refractivity contribution is -0.384. The highest BCUT2D eigenvalue weighted by Gasteiger charge is 2.32. The molecule has 2 amide bonds. The molecule has 2 N–H and O–H groups in total. The van der Waals surface area contributed by atoms with Crippen LogP contribution in [0.2, 0.25) is 0 Å². The van der Waals surface area contributed by atoms with Gasteiger partial charge in [-0.2, -0.15) is 5.10 Å². The molecule has 1 unspecified atom stereocenters. The minimum Gasteiger partial charge on any atom is -0.455 e. The molecule has 172 valence electrons. The minimum absolute atomic E-state index is 0.00941. The number of nitrogens with zero attached hydrogens (tertiary/aromatic N) is 3. The Morgan fingerprint density at radius 3 is 2.74 bits per heavy atom.